The van der Waals surface area contributed by atoms with E-state index in [1.165, 1.54) is 7.11 Å². The lowest BCUT2D eigenvalue weighted by Crippen LogP contribution is -2.27. The summed E-state index contributed by atoms with van der Waals surface area (Å²) in [6, 6.07) is 17.3. The average Bonchev–Trinajstić information content (AvgIpc) is 3.01. The zero-order valence-electron chi connectivity index (χ0n) is 14.1. The Bertz CT molecular complexity index is 978. The molecule has 126 valence electrons. The molecule has 1 heterocycles. The summed E-state index contributed by atoms with van der Waals surface area (Å²) in [5.74, 6) is 0.0303. The number of phenolic OH excluding ortho intramolecular Hbond substituents is 1. The average molecular weight is 334 g/mol. The molecule has 4 rings (SSSR count). The van der Waals surface area contributed by atoms with E-state index in [9.17, 15) is 9.90 Å². The highest BCUT2D eigenvalue weighted by atomic mass is 16.5. The van der Waals surface area contributed by atoms with Gasteiger partial charge in [-0.1, -0.05) is 54.6 Å². The Kier molecular flexibility index (Phi) is 3.42. The fourth-order valence-corrected chi connectivity index (χ4v) is 3.60. The number of methoxy groups -OCH3 is 1. The molecule has 0 fully saturated rings. The van der Waals surface area contributed by atoms with Crippen LogP contribution in [0.2, 0.25) is 0 Å². The van der Waals surface area contributed by atoms with Gasteiger partial charge in [0.05, 0.1) is 7.11 Å². The first-order chi connectivity index (χ1) is 12.0. The molecule has 1 aliphatic heterocycles. The maximum Gasteiger partial charge on any atom is 0.342 e. The first-order valence-electron chi connectivity index (χ1n) is 8.14. The molecule has 1 N–H and O–H groups in total. The summed E-state index contributed by atoms with van der Waals surface area (Å²) in [6.07, 6.45) is 0.481. The molecule has 0 aromatic heterocycles. The van der Waals surface area contributed by atoms with Crippen molar-refractivity contribution in [2.24, 2.45) is 0 Å². The number of phenols is 1. The Hall–Kier alpha value is -3.01. The van der Waals surface area contributed by atoms with E-state index in [2.05, 4.69) is 0 Å². The lowest BCUT2D eigenvalue weighted by molar-refractivity contribution is 0.0596. The van der Waals surface area contributed by atoms with Crippen LogP contribution in [0.3, 0.4) is 0 Å². The van der Waals surface area contributed by atoms with Gasteiger partial charge in [-0.15, -0.1) is 0 Å². The van der Waals surface area contributed by atoms with Crippen LogP contribution < -0.4 is 4.74 Å². The van der Waals surface area contributed by atoms with Gasteiger partial charge >= 0.3 is 5.97 Å². The molecule has 0 saturated carbocycles. The first kappa shape index (κ1) is 15.5. The normalized spacial score (nSPS) is 18.6. The molecule has 0 amide bonds. The minimum atomic E-state index is -0.608. The van der Waals surface area contributed by atoms with Crippen molar-refractivity contribution in [2.75, 3.05) is 7.11 Å². The van der Waals surface area contributed by atoms with Crippen molar-refractivity contribution in [3.05, 3.63) is 71.3 Å². The van der Waals surface area contributed by atoms with Crippen LogP contribution in [-0.4, -0.2) is 18.2 Å². The summed E-state index contributed by atoms with van der Waals surface area (Å²) in [7, 11) is 1.32. The number of carbonyl (C=O) groups excluding carboxylic acids is 1. The summed E-state index contributed by atoms with van der Waals surface area (Å²) in [4.78, 5) is 12.3. The second-order valence-electron chi connectivity index (χ2n) is 6.44. The lowest BCUT2D eigenvalue weighted by atomic mass is 9.88. The highest BCUT2D eigenvalue weighted by Gasteiger charge is 2.41. The minimum absolute atomic E-state index is 0.0536. The number of aromatic hydroxyl groups is 1. The Morgan fingerprint density at radius 2 is 1.72 bits per heavy atom. The maximum atomic E-state index is 12.3. The zero-order valence-corrected chi connectivity index (χ0v) is 14.1. The molecule has 0 aliphatic carbocycles. The predicted molar refractivity (Wildman–Crippen MR) is 95.1 cm³/mol. The van der Waals surface area contributed by atoms with E-state index in [0.29, 0.717) is 23.1 Å². The van der Waals surface area contributed by atoms with E-state index in [4.69, 9.17) is 9.47 Å². The van der Waals surface area contributed by atoms with Crippen molar-refractivity contribution in [3.63, 3.8) is 0 Å². The molecule has 4 nitrogen and oxygen atoms in total. The highest BCUT2D eigenvalue weighted by Crippen LogP contribution is 2.50. The van der Waals surface area contributed by atoms with E-state index < -0.39 is 11.6 Å². The van der Waals surface area contributed by atoms with Crippen molar-refractivity contribution in [2.45, 2.75) is 18.9 Å². The summed E-state index contributed by atoms with van der Waals surface area (Å²) in [6.45, 7) is 2.00. The molecule has 0 saturated heterocycles. The molecule has 1 unspecified atom stereocenters. The molecule has 0 radical (unpaired) electrons. The van der Waals surface area contributed by atoms with Crippen LogP contribution >= 0.6 is 0 Å². The predicted octanol–water partition coefficient (Wildman–Crippen LogP) is 4.18. The van der Waals surface area contributed by atoms with Gasteiger partial charge in [0.1, 0.15) is 22.7 Å². The van der Waals surface area contributed by atoms with Crippen LogP contribution in [0.15, 0.2) is 54.6 Å². The number of hydrogen-bond acceptors (Lipinski definition) is 4. The van der Waals surface area contributed by atoms with Crippen molar-refractivity contribution in [1.29, 1.82) is 0 Å². The molecule has 0 spiro atoms. The number of carbonyl (C=O) groups is 1. The number of esters is 1. The van der Waals surface area contributed by atoms with Gasteiger partial charge in [0, 0.05) is 22.8 Å². The smallest absolute Gasteiger partial charge is 0.342 e. The Morgan fingerprint density at radius 1 is 1.08 bits per heavy atom. The van der Waals surface area contributed by atoms with Gasteiger partial charge < -0.3 is 14.6 Å². The highest BCUT2D eigenvalue weighted by molar-refractivity contribution is 6.06. The van der Waals surface area contributed by atoms with Gasteiger partial charge in [0.15, 0.2) is 0 Å². The summed E-state index contributed by atoms with van der Waals surface area (Å²) in [5, 5.41) is 12.1. The number of rotatable bonds is 2. The number of ether oxygens (including phenoxy) is 2. The van der Waals surface area contributed by atoms with Crippen molar-refractivity contribution >= 4 is 16.7 Å². The van der Waals surface area contributed by atoms with E-state index in [-0.39, 0.29) is 11.3 Å². The Balaban J connectivity index is 1.99. The minimum Gasteiger partial charge on any atom is -0.506 e. The third kappa shape index (κ3) is 2.25. The van der Waals surface area contributed by atoms with E-state index in [1.807, 2.05) is 55.5 Å². The van der Waals surface area contributed by atoms with E-state index >= 15 is 0 Å². The van der Waals surface area contributed by atoms with Crippen LogP contribution in [0, 0.1) is 0 Å². The van der Waals surface area contributed by atoms with Crippen LogP contribution in [0.5, 0.6) is 11.5 Å². The largest absolute Gasteiger partial charge is 0.506 e. The molecule has 25 heavy (non-hydrogen) atoms. The molecule has 0 bridgehead atoms. The first-order valence-corrected chi connectivity index (χ1v) is 8.14. The quantitative estimate of drug-likeness (QED) is 0.714. The molecule has 1 aliphatic rings. The standard InChI is InChI=1S/C21H18O4/c1-21(13-8-4-3-5-9-13)12-16-17(20(23)24-2)18(22)14-10-6-7-11-15(14)19(16)25-21/h3-11,22H,12H2,1-2H3. The fourth-order valence-electron chi connectivity index (χ4n) is 3.60. The lowest BCUT2D eigenvalue weighted by Gasteiger charge is -2.24. The van der Waals surface area contributed by atoms with E-state index in [0.717, 1.165) is 10.9 Å². The number of benzene rings is 3. The van der Waals surface area contributed by atoms with Gasteiger partial charge in [0.2, 0.25) is 0 Å². The third-order valence-corrected chi connectivity index (χ3v) is 4.85. The summed E-state index contributed by atoms with van der Waals surface area (Å²) < 4.78 is 11.3. The molecule has 3 aromatic carbocycles. The monoisotopic (exact) mass is 334 g/mol. The van der Waals surface area contributed by atoms with Gasteiger partial charge in [0.25, 0.3) is 0 Å². The summed E-state index contributed by atoms with van der Waals surface area (Å²) >= 11 is 0. The van der Waals surface area contributed by atoms with Crippen molar-refractivity contribution in [1.82, 2.24) is 0 Å². The molecule has 3 aromatic rings. The Labute approximate surface area is 145 Å². The van der Waals surface area contributed by atoms with Gasteiger partial charge in [-0.25, -0.2) is 4.79 Å². The van der Waals surface area contributed by atoms with Crippen molar-refractivity contribution < 1.29 is 19.4 Å². The third-order valence-electron chi connectivity index (χ3n) is 4.85. The van der Waals surface area contributed by atoms with Crippen LogP contribution in [0.4, 0.5) is 0 Å². The van der Waals surface area contributed by atoms with Gasteiger partial charge in [-0.2, -0.15) is 0 Å². The van der Waals surface area contributed by atoms with Crippen LogP contribution in [-0.2, 0) is 16.8 Å². The molecule has 4 heteroatoms. The van der Waals surface area contributed by atoms with Gasteiger partial charge in [-0.05, 0) is 12.5 Å². The van der Waals surface area contributed by atoms with E-state index in [1.54, 1.807) is 6.07 Å². The second-order valence-corrected chi connectivity index (χ2v) is 6.44. The van der Waals surface area contributed by atoms with Crippen LogP contribution in [0.25, 0.3) is 10.8 Å². The molecule has 1 atom stereocenters. The topological polar surface area (TPSA) is 55.8 Å². The number of hydrogen-bond donors (Lipinski definition) is 1. The number of fused-ring (bicyclic) bond motifs is 3. The SMILES string of the molecule is COC(=O)c1c2c(c3ccccc3c1O)OC(C)(c1ccccc1)C2. The molecular formula is C21H18O4. The van der Waals surface area contributed by atoms with Gasteiger partial charge in [-0.3, -0.25) is 0 Å². The van der Waals surface area contributed by atoms with Crippen LogP contribution in [0.1, 0.15) is 28.4 Å². The fraction of sp³-hybridized carbons (Fsp3) is 0.190. The van der Waals surface area contributed by atoms with Crippen molar-refractivity contribution in [3.8, 4) is 11.5 Å². The maximum absolute atomic E-state index is 12.3. The summed E-state index contributed by atoms with van der Waals surface area (Å²) in [5.41, 5.74) is 1.29. The zero-order chi connectivity index (χ0) is 17.6. The second kappa shape index (κ2) is 5.52. The molecular weight excluding hydrogens is 316 g/mol. The Morgan fingerprint density at radius 3 is 2.40 bits per heavy atom.